The van der Waals surface area contributed by atoms with Crippen LogP contribution in [0.25, 0.3) is 0 Å². The summed E-state index contributed by atoms with van der Waals surface area (Å²) >= 11 is 0. The number of amides is 1. The van der Waals surface area contributed by atoms with Crippen LogP contribution in [0.15, 0.2) is 48.5 Å². The van der Waals surface area contributed by atoms with Gasteiger partial charge in [-0.1, -0.05) is 29.8 Å². The number of rotatable bonds is 6. The molecule has 2 unspecified atom stereocenters. The molecule has 0 spiro atoms. The SMILES string of the molecule is Cc1ccc(NC(=O)OC(CN2CCOC(c3ccc(C(F)(F)F)cc3)C2)C(C)(C)F)cc1. The standard InChI is InChI=1S/C24H28F4N2O3/c1-16-4-10-19(11-5-16)29-22(31)33-21(23(2,3)25)15-30-12-13-32-20(14-30)17-6-8-18(9-7-17)24(26,27)28/h4-11,20-21H,12-15H2,1-3H3,(H,29,31). The van der Waals surface area contributed by atoms with Gasteiger partial charge in [0.25, 0.3) is 0 Å². The third-order valence-corrected chi connectivity index (χ3v) is 5.50. The van der Waals surface area contributed by atoms with Crippen molar-refractivity contribution in [2.45, 2.75) is 44.8 Å². The van der Waals surface area contributed by atoms with E-state index in [4.69, 9.17) is 9.47 Å². The molecule has 0 saturated carbocycles. The number of ether oxygens (including phenoxy) is 2. The van der Waals surface area contributed by atoms with Crippen LogP contribution in [0.1, 0.15) is 36.6 Å². The topological polar surface area (TPSA) is 50.8 Å². The first-order valence-electron chi connectivity index (χ1n) is 10.7. The molecule has 1 aliphatic heterocycles. The lowest BCUT2D eigenvalue weighted by atomic mass is 10.0. The lowest BCUT2D eigenvalue weighted by Crippen LogP contribution is -2.49. The van der Waals surface area contributed by atoms with E-state index in [-0.39, 0.29) is 6.54 Å². The second-order valence-electron chi connectivity index (χ2n) is 8.69. The van der Waals surface area contributed by atoms with Crippen LogP contribution in [0.5, 0.6) is 0 Å². The third kappa shape index (κ3) is 7.17. The minimum Gasteiger partial charge on any atom is -0.441 e. The Labute approximate surface area is 190 Å². The van der Waals surface area contributed by atoms with Crippen LogP contribution in [0, 0.1) is 6.92 Å². The molecule has 2 atom stereocenters. The van der Waals surface area contributed by atoms with Crippen molar-refractivity contribution in [2.75, 3.05) is 31.6 Å². The number of benzene rings is 2. The maximum atomic E-state index is 14.9. The predicted octanol–water partition coefficient (Wildman–Crippen LogP) is 5.75. The van der Waals surface area contributed by atoms with Gasteiger partial charge in [0.2, 0.25) is 0 Å². The summed E-state index contributed by atoms with van der Waals surface area (Å²) in [5.74, 6) is 0. The summed E-state index contributed by atoms with van der Waals surface area (Å²) in [5.41, 5.74) is -0.374. The average Bonchev–Trinajstić information content (AvgIpc) is 2.74. The van der Waals surface area contributed by atoms with Crippen molar-refractivity contribution in [3.05, 3.63) is 65.2 Å². The van der Waals surface area contributed by atoms with Crippen molar-refractivity contribution in [1.82, 2.24) is 4.90 Å². The Morgan fingerprint density at radius 2 is 1.76 bits per heavy atom. The molecule has 2 aromatic carbocycles. The molecular weight excluding hydrogens is 440 g/mol. The van der Waals surface area contributed by atoms with Crippen molar-refractivity contribution < 1.29 is 31.8 Å². The van der Waals surface area contributed by atoms with E-state index in [2.05, 4.69) is 5.32 Å². The monoisotopic (exact) mass is 468 g/mol. The zero-order valence-corrected chi connectivity index (χ0v) is 18.8. The molecule has 1 aliphatic rings. The van der Waals surface area contributed by atoms with Crippen LogP contribution in [0.4, 0.5) is 28.0 Å². The summed E-state index contributed by atoms with van der Waals surface area (Å²) in [6.07, 6.45) is -6.70. The minimum atomic E-state index is -4.41. The van der Waals surface area contributed by atoms with E-state index in [0.717, 1.165) is 17.7 Å². The van der Waals surface area contributed by atoms with E-state index in [1.165, 1.54) is 26.0 Å². The van der Waals surface area contributed by atoms with E-state index in [1.54, 1.807) is 12.1 Å². The van der Waals surface area contributed by atoms with Crippen molar-refractivity contribution >= 4 is 11.8 Å². The fourth-order valence-electron chi connectivity index (χ4n) is 3.50. The molecule has 0 bridgehead atoms. The fourth-order valence-corrected chi connectivity index (χ4v) is 3.50. The van der Waals surface area contributed by atoms with Gasteiger partial charge in [-0.2, -0.15) is 13.2 Å². The molecule has 1 amide bonds. The van der Waals surface area contributed by atoms with Crippen LogP contribution in [-0.4, -0.2) is 49.0 Å². The summed E-state index contributed by atoms with van der Waals surface area (Å²) in [6, 6.07) is 11.9. The van der Waals surface area contributed by atoms with Crippen LogP contribution < -0.4 is 5.32 Å². The molecule has 0 aromatic heterocycles. The Hall–Kier alpha value is -2.65. The molecule has 1 saturated heterocycles. The highest BCUT2D eigenvalue weighted by atomic mass is 19.4. The van der Waals surface area contributed by atoms with Crippen LogP contribution >= 0.6 is 0 Å². The van der Waals surface area contributed by atoms with Gasteiger partial charge in [-0.3, -0.25) is 10.2 Å². The van der Waals surface area contributed by atoms with Crippen LogP contribution in [0.3, 0.4) is 0 Å². The number of alkyl halides is 4. The van der Waals surface area contributed by atoms with Gasteiger partial charge < -0.3 is 9.47 Å². The number of carbonyl (C=O) groups is 1. The van der Waals surface area contributed by atoms with Gasteiger partial charge in [-0.25, -0.2) is 9.18 Å². The van der Waals surface area contributed by atoms with Gasteiger partial charge in [0.1, 0.15) is 11.8 Å². The second-order valence-corrected chi connectivity index (χ2v) is 8.69. The zero-order chi connectivity index (χ0) is 24.2. The highest BCUT2D eigenvalue weighted by Crippen LogP contribution is 2.31. The molecular formula is C24H28F4N2O3. The minimum absolute atomic E-state index is 0.116. The van der Waals surface area contributed by atoms with E-state index < -0.39 is 35.7 Å². The lowest BCUT2D eigenvalue weighted by molar-refractivity contribution is -0.137. The van der Waals surface area contributed by atoms with Crippen LogP contribution in [0.2, 0.25) is 0 Å². The lowest BCUT2D eigenvalue weighted by Gasteiger charge is -2.37. The van der Waals surface area contributed by atoms with Gasteiger partial charge in [0.15, 0.2) is 0 Å². The normalized spacial score (nSPS) is 18.6. The van der Waals surface area contributed by atoms with Gasteiger partial charge in [-0.05, 0) is 50.6 Å². The van der Waals surface area contributed by atoms with Gasteiger partial charge in [-0.15, -0.1) is 0 Å². The van der Waals surface area contributed by atoms with E-state index in [1.807, 2.05) is 24.0 Å². The zero-order valence-electron chi connectivity index (χ0n) is 18.8. The molecule has 33 heavy (non-hydrogen) atoms. The molecule has 180 valence electrons. The highest BCUT2D eigenvalue weighted by Gasteiger charge is 2.36. The summed E-state index contributed by atoms with van der Waals surface area (Å²) < 4.78 is 64.5. The first kappa shape index (κ1) is 25.0. The molecule has 1 N–H and O–H groups in total. The molecule has 0 radical (unpaired) electrons. The van der Waals surface area contributed by atoms with Crippen molar-refractivity contribution in [2.24, 2.45) is 0 Å². The summed E-state index contributed by atoms with van der Waals surface area (Å²) in [7, 11) is 0. The number of nitrogens with zero attached hydrogens (tertiary/aromatic N) is 1. The van der Waals surface area contributed by atoms with Gasteiger partial charge in [0, 0.05) is 25.3 Å². The number of carbonyl (C=O) groups excluding carboxylic acids is 1. The third-order valence-electron chi connectivity index (χ3n) is 5.50. The fraction of sp³-hybridized carbons (Fsp3) is 0.458. The maximum absolute atomic E-state index is 14.9. The Kier molecular flexibility index (Phi) is 7.64. The predicted molar refractivity (Wildman–Crippen MR) is 117 cm³/mol. The smallest absolute Gasteiger partial charge is 0.416 e. The number of morpholine rings is 1. The summed E-state index contributed by atoms with van der Waals surface area (Å²) in [6.45, 7) is 5.85. The maximum Gasteiger partial charge on any atom is 0.416 e. The second kappa shape index (κ2) is 10.1. The van der Waals surface area contributed by atoms with Gasteiger partial charge >= 0.3 is 12.3 Å². The van der Waals surface area contributed by atoms with Crippen molar-refractivity contribution in [3.8, 4) is 0 Å². The molecule has 5 nitrogen and oxygen atoms in total. The quantitative estimate of drug-likeness (QED) is 0.549. The number of nitrogens with one attached hydrogen (secondary N) is 1. The highest BCUT2D eigenvalue weighted by molar-refractivity contribution is 5.84. The molecule has 1 heterocycles. The number of anilines is 1. The van der Waals surface area contributed by atoms with E-state index >= 15 is 0 Å². The number of hydrogen-bond acceptors (Lipinski definition) is 4. The van der Waals surface area contributed by atoms with Crippen molar-refractivity contribution in [3.63, 3.8) is 0 Å². The van der Waals surface area contributed by atoms with Gasteiger partial charge in [0.05, 0.1) is 18.3 Å². The molecule has 1 fully saturated rings. The van der Waals surface area contributed by atoms with Crippen LogP contribution in [-0.2, 0) is 15.7 Å². The Balaban J connectivity index is 1.62. The Morgan fingerprint density at radius 1 is 1.12 bits per heavy atom. The molecule has 3 rings (SSSR count). The van der Waals surface area contributed by atoms with E-state index in [0.29, 0.717) is 30.9 Å². The average molecular weight is 468 g/mol. The number of aryl methyl sites for hydroxylation is 1. The van der Waals surface area contributed by atoms with E-state index in [9.17, 15) is 22.4 Å². The largest absolute Gasteiger partial charge is 0.441 e. The number of halogens is 4. The summed E-state index contributed by atoms with van der Waals surface area (Å²) in [5, 5.41) is 2.60. The first-order chi connectivity index (χ1) is 15.4. The molecule has 0 aliphatic carbocycles. The molecule has 9 heteroatoms. The Bertz CT molecular complexity index is 925. The number of hydrogen-bond donors (Lipinski definition) is 1. The Morgan fingerprint density at radius 3 is 2.33 bits per heavy atom. The van der Waals surface area contributed by atoms with Crippen molar-refractivity contribution in [1.29, 1.82) is 0 Å². The first-order valence-corrected chi connectivity index (χ1v) is 10.7. The molecule has 2 aromatic rings. The summed E-state index contributed by atoms with van der Waals surface area (Å²) in [4.78, 5) is 14.2.